The van der Waals surface area contributed by atoms with Crippen molar-refractivity contribution in [1.29, 1.82) is 5.26 Å². The van der Waals surface area contributed by atoms with Crippen molar-refractivity contribution in [1.82, 2.24) is 10.2 Å². The summed E-state index contributed by atoms with van der Waals surface area (Å²) in [6.07, 6.45) is 8.29. The summed E-state index contributed by atoms with van der Waals surface area (Å²) in [5, 5.41) is 15.1. The number of anilines is 2. The predicted octanol–water partition coefficient (Wildman–Crippen LogP) is 4.02. The molecule has 0 saturated carbocycles. The van der Waals surface area contributed by atoms with Crippen molar-refractivity contribution in [3.8, 4) is 6.07 Å². The molecule has 204 valence electrons. The van der Waals surface area contributed by atoms with Gasteiger partial charge in [-0.05, 0) is 43.7 Å². The normalized spacial score (nSPS) is 19.6. The standard InChI is InChI=1S/C28H42FN5O3/c29-23-19-26(20-30)34(22-23)28(36)21-31-14-8-6-4-2-1-3-5-7-9-27(35)32-24-10-12-25(13-11-24)33-15-17-37-18-16-33/h10-13,23,26,31H,1-9,14-19,21-22H2,(H,32,35)/t23-,26?/m0/s1. The van der Waals surface area contributed by atoms with Gasteiger partial charge in [0, 0.05) is 37.3 Å². The highest BCUT2D eigenvalue weighted by molar-refractivity contribution is 5.90. The first-order chi connectivity index (χ1) is 18.1. The van der Waals surface area contributed by atoms with Crippen LogP contribution in [0.3, 0.4) is 0 Å². The molecule has 2 atom stereocenters. The highest BCUT2D eigenvalue weighted by atomic mass is 19.1. The summed E-state index contributed by atoms with van der Waals surface area (Å²) in [7, 11) is 0. The Bertz CT molecular complexity index is 870. The highest BCUT2D eigenvalue weighted by Gasteiger charge is 2.34. The molecule has 3 rings (SSSR count). The van der Waals surface area contributed by atoms with Gasteiger partial charge < -0.3 is 25.2 Å². The summed E-state index contributed by atoms with van der Waals surface area (Å²) >= 11 is 0. The van der Waals surface area contributed by atoms with Gasteiger partial charge in [0.1, 0.15) is 12.2 Å². The van der Waals surface area contributed by atoms with Crippen LogP contribution in [0.15, 0.2) is 24.3 Å². The van der Waals surface area contributed by atoms with Gasteiger partial charge in [0.05, 0.1) is 32.4 Å². The largest absolute Gasteiger partial charge is 0.378 e. The molecule has 8 nitrogen and oxygen atoms in total. The van der Waals surface area contributed by atoms with E-state index in [1.54, 1.807) is 0 Å². The molecule has 9 heteroatoms. The highest BCUT2D eigenvalue weighted by Crippen LogP contribution is 2.20. The van der Waals surface area contributed by atoms with Crippen molar-refractivity contribution in [3.63, 3.8) is 0 Å². The molecule has 0 aliphatic carbocycles. The fourth-order valence-corrected chi connectivity index (χ4v) is 4.88. The molecule has 0 spiro atoms. The van der Waals surface area contributed by atoms with Crippen molar-refractivity contribution in [2.75, 3.05) is 56.2 Å². The number of benzene rings is 1. The summed E-state index contributed by atoms with van der Waals surface area (Å²) < 4.78 is 18.8. The number of nitrogens with zero attached hydrogens (tertiary/aromatic N) is 3. The van der Waals surface area contributed by atoms with Crippen molar-refractivity contribution in [2.24, 2.45) is 0 Å². The Morgan fingerprint density at radius 1 is 1.00 bits per heavy atom. The monoisotopic (exact) mass is 515 g/mol. The van der Waals surface area contributed by atoms with E-state index in [1.807, 2.05) is 18.2 Å². The summed E-state index contributed by atoms with van der Waals surface area (Å²) in [6, 6.07) is 9.42. The van der Waals surface area contributed by atoms with Gasteiger partial charge in [-0.3, -0.25) is 9.59 Å². The zero-order valence-corrected chi connectivity index (χ0v) is 21.9. The predicted molar refractivity (Wildman–Crippen MR) is 143 cm³/mol. The number of nitrogens with one attached hydrogen (secondary N) is 2. The van der Waals surface area contributed by atoms with E-state index in [9.17, 15) is 14.0 Å². The van der Waals surface area contributed by atoms with E-state index in [0.717, 1.165) is 82.7 Å². The molecule has 37 heavy (non-hydrogen) atoms. The molecule has 2 amide bonds. The minimum atomic E-state index is -1.09. The zero-order valence-electron chi connectivity index (χ0n) is 21.9. The lowest BCUT2D eigenvalue weighted by molar-refractivity contribution is -0.130. The van der Waals surface area contributed by atoms with Crippen LogP contribution < -0.4 is 15.5 Å². The van der Waals surface area contributed by atoms with Gasteiger partial charge in [0.2, 0.25) is 11.8 Å². The summed E-state index contributed by atoms with van der Waals surface area (Å²) in [4.78, 5) is 28.0. The zero-order chi connectivity index (χ0) is 26.3. The van der Waals surface area contributed by atoms with Crippen LogP contribution >= 0.6 is 0 Å². The first kappa shape index (κ1) is 28.9. The lowest BCUT2D eigenvalue weighted by atomic mass is 10.1. The number of amides is 2. The number of alkyl halides is 1. The fourth-order valence-electron chi connectivity index (χ4n) is 4.88. The Hall–Kier alpha value is -2.70. The number of nitriles is 1. The van der Waals surface area contributed by atoms with Gasteiger partial charge in [-0.25, -0.2) is 4.39 Å². The number of unbranched alkanes of at least 4 members (excludes halogenated alkanes) is 7. The number of carbonyl (C=O) groups is 2. The Balaban J connectivity index is 1.12. The molecule has 2 fully saturated rings. The number of ether oxygens (including phenoxy) is 1. The van der Waals surface area contributed by atoms with Crippen molar-refractivity contribution in [2.45, 2.75) is 76.4 Å². The second-order valence-corrected chi connectivity index (χ2v) is 9.97. The van der Waals surface area contributed by atoms with E-state index in [2.05, 4.69) is 27.7 Å². The summed E-state index contributed by atoms with van der Waals surface area (Å²) in [5.41, 5.74) is 2.01. The second kappa shape index (κ2) is 16.2. The quantitative estimate of drug-likeness (QED) is 0.343. The lowest BCUT2D eigenvalue weighted by Gasteiger charge is -2.28. The third-order valence-corrected chi connectivity index (χ3v) is 7.03. The average Bonchev–Trinajstić information content (AvgIpc) is 3.31. The molecule has 0 bridgehead atoms. The molecule has 2 aliphatic rings. The molecule has 1 aromatic carbocycles. The maximum Gasteiger partial charge on any atom is 0.237 e. The van der Waals surface area contributed by atoms with Crippen LogP contribution in [0.4, 0.5) is 15.8 Å². The Morgan fingerprint density at radius 3 is 2.32 bits per heavy atom. The summed E-state index contributed by atoms with van der Waals surface area (Å²) in [6.45, 7) is 4.27. The van der Waals surface area contributed by atoms with Gasteiger partial charge in [0.15, 0.2) is 0 Å². The van der Waals surface area contributed by atoms with Crippen LogP contribution in [0, 0.1) is 11.3 Å². The molecule has 2 N–H and O–H groups in total. The first-order valence-corrected chi connectivity index (χ1v) is 13.8. The Morgan fingerprint density at radius 2 is 1.65 bits per heavy atom. The molecule has 2 heterocycles. The molecule has 2 saturated heterocycles. The number of halogens is 1. The molecule has 2 aliphatic heterocycles. The van der Waals surface area contributed by atoms with Crippen molar-refractivity contribution >= 4 is 23.2 Å². The van der Waals surface area contributed by atoms with E-state index in [-0.39, 0.29) is 31.3 Å². The molecular weight excluding hydrogens is 473 g/mol. The van der Waals surface area contributed by atoms with E-state index in [1.165, 1.54) is 17.7 Å². The summed E-state index contributed by atoms with van der Waals surface area (Å²) in [5.74, 6) is -0.121. The van der Waals surface area contributed by atoms with Crippen LogP contribution in [0.1, 0.15) is 64.2 Å². The van der Waals surface area contributed by atoms with Crippen LogP contribution in [0.2, 0.25) is 0 Å². The average molecular weight is 516 g/mol. The number of carbonyl (C=O) groups excluding carboxylic acids is 2. The van der Waals surface area contributed by atoms with Crippen molar-refractivity contribution in [3.05, 3.63) is 24.3 Å². The molecule has 1 unspecified atom stereocenters. The molecular formula is C28H42FN5O3. The molecule has 1 aromatic rings. The minimum Gasteiger partial charge on any atom is -0.378 e. The second-order valence-electron chi connectivity index (χ2n) is 9.97. The Labute approximate surface area is 220 Å². The lowest BCUT2D eigenvalue weighted by Crippen LogP contribution is -2.41. The van der Waals surface area contributed by atoms with Crippen LogP contribution in [0.5, 0.6) is 0 Å². The SMILES string of the molecule is N#CC1C[C@H](F)CN1C(=O)CNCCCCCCCCCCC(=O)Nc1ccc(N2CCOCC2)cc1. The maximum absolute atomic E-state index is 13.4. The van der Waals surface area contributed by atoms with Crippen molar-refractivity contribution < 1.29 is 18.7 Å². The van der Waals surface area contributed by atoms with E-state index in [0.29, 0.717) is 6.42 Å². The van der Waals surface area contributed by atoms with Gasteiger partial charge in [-0.15, -0.1) is 0 Å². The van der Waals surface area contributed by atoms with Gasteiger partial charge in [0.25, 0.3) is 0 Å². The van der Waals surface area contributed by atoms with Crippen LogP contribution in [0.25, 0.3) is 0 Å². The smallest absolute Gasteiger partial charge is 0.237 e. The van der Waals surface area contributed by atoms with Gasteiger partial charge >= 0.3 is 0 Å². The number of morpholine rings is 1. The number of hydrogen-bond acceptors (Lipinski definition) is 6. The van der Waals surface area contributed by atoms with Crippen LogP contribution in [-0.2, 0) is 14.3 Å². The molecule has 0 aromatic heterocycles. The van der Waals surface area contributed by atoms with E-state index >= 15 is 0 Å². The van der Waals surface area contributed by atoms with E-state index < -0.39 is 12.2 Å². The number of likely N-dealkylation sites (tertiary alicyclic amines) is 1. The number of hydrogen-bond donors (Lipinski definition) is 2. The topological polar surface area (TPSA) is 97.7 Å². The molecule has 0 radical (unpaired) electrons. The van der Waals surface area contributed by atoms with Crippen LogP contribution in [-0.4, -0.2) is 74.9 Å². The van der Waals surface area contributed by atoms with E-state index in [4.69, 9.17) is 10.00 Å². The maximum atomic E-state index is 13.4. The van der Waals surface area contributed by atoms with Gasteiger partial charge in [-0.2, -0.15) is 5.26 Å². The number of rotatable bonds is 15. The third kappa shape index (κ3) is 10.3. The van der Waals surface area contributed by atoms with Gasteiger partial charge in [-0.1, -0.05) is 38.5 Å². The first-order valence-electron chi connectivity index (χ1n) is 13.8. The third-order valence-electron chi connectivity index (χ3n) is 7.03. The minimum absolute atomic E-state index is 0.0347. The Kier molecular flexibility index (Phi) is 12.6. The fraction of sp³-hybridized carbons (Fsp3) is 0.679.